The van der Waals surface area contributed by atoms with Crippen LogP contribution in [0.3, 0.4) is 0 Å². The van der Waals surface area contributed by atoms with Gasteiger partial charge in [0.05, 0.1) is 6.54 Å². The highest BCUT2D eigenvalue weighted by atomic mass is 16.4. The van der Waals surface area contributed by atoms with Gasteiger partial charge in [-0.25, -0.2) is 0 Å². The smallest absolute Gasteiger partial charge is 0.317 e. The first-order valence-corrected chi connectivity index (χ1v) is 12.4. The van der Waals surface area contributed by atoms with Crippen molar-refractivity contribution >= 4 is 5.97 Å². The van der Waals surface area contributed by atoms with Crippen LogP contribution in [0.4, 0.5) is 0 Å². The minimum atomic E-state index is -0.699. The summed E-state index contributed by atoms with van der Waals surface area (Å²) >= 11 is 0. The standard InChI is InChI=1S/C26H49NO2/c1-3-5-7-9-11-13-15-17-19-21-23-27(25-26(28)29)24-22-20-18-16-14-12-10-8-6-4-2/h11-14H,3-10,15-25H2,1-2H3,(H,28,29)/b13-11+,14-12+. The first-order valence-electron chi connectivity index (χ1n) is 12.4. The summed E-state index contributed by atoms with van der Waals surface area (Å²) in [4.78, 5) is 13.2. The summed E-state index contributed by atoms with van der Waals surface area (Å²) in [6, 6.07) is 0. The number of carboxylic acid groups (broad SMARTS) is 1. The van der Waals surface area contributed by atoms with Crippen LogP contribution >= 0.6 is 0 Å². The molecule has 0 aromatic heterocycles. The van der Waals surface area contributed by atoms with Gasteiger partial charge in [-0.1, -0.05) is 76.7 Å². The molecule has 0 amide bonds. The van der Waals surface area contributed by atoms with E-state index >= 15 is 0 Å². The number of carboxylic acids is 1. The molecule has 0 saturated heterocycles. The van der Waals surface area contributed by atoms with Gasteiger partial charge >= 0.3 is 5.97 Å². The van der Waals surface area contributed by atoms with Gasteiger partial charge in [0, 0.05) is 0 Å². The molecule has 170 valence electrons. The van der Waals surface area contributed by atoms with Crippen LogP contribution in [0.1, 0.15) is 117 Å². The fourth-order valence-corrected chi connectivity index (χ4v) is 3.51. The Balaban J connectivity index is 3.70. The van der Waals surface area contributed by atoms with Gasteiger partial charge in [0.25, 0.3) is 0 Å². The van der Waals surface area contributed by atoms with Crippen molar-refractivity contribution in [2.24, 2.45) is 0 Å². The number of allylic oxidation sites excluding steroid dienone is 4. The zero-order chi connectivity index (χ0) is 21.4. The molecule has 0 aliphatic heterocycles. The van der Waals surface area contributed by atoms with Crippen molar-refractivity contribution in [3.8, 4) is 0 Å². The highest BCUT2D eigenvalue weighted by Gasteiger charge is 2.08. The summed E-state index contributed by atoms with van der Waals surface area (Å²) in [5, 5.41) is 9.15. The normalized spacial score (nSPS) is 12.0. The average molecular weight is 408 g/mol. The quantitative estimate of drug-likeness (QED) is 0.147. The van der Waals surface area contributed by atoms with E-state index < -0.39 is 5.97 Å². The molecular weight excluding hydrogens is 358 g/mol. The van der Waals surface area contributed by atoms with Crippen LogP contribution in [0.2, 0.25) is 0 Å². The Morgan fingerprint density at radius 3 is 1.34 bits per heavy atom. The van der Waals surface area contributed by atoms with Crippen molar-refractivity contribution in [1.82, 2.24) is 4.90 Å². The topological polar surface area (TPSA) is 40.5 Å². The molecular formula is C26H49NO2. The highest BCUT2D eigenvalue weighted by molar-refractivity contribution is 5.69. The Kier molecular flexibility index (Phi) is 22.3. The maximum atomic E-state index is 11.1. The van der Waals surface area contributed by atoms with Gasteiger partial charge in [0.2, 0.25) is 0 Å². The predicted octanol–water partition coefficient (Wildman–Crippen LogP) is 7.77. The average Bonchev–Trinajstić information content (AvgIpc) is 2.70. The van der Waals surface area contributed by atoms with E-state index in [0.717, 1.165) is 38.8 Å². The maximum Gasteiger partial charge on any atom is 0.317 e. The Hall–Kier alpha value is -1.09. The molecule has 0 atom stereocenters. The third-order valence-corrected chi connectivity index (χ3v) is 5.33. The molecule has 0 spiro atoms. The van der Waals surface area contributed by atoms with Crippen molar-refractivity contribution in [3.05, 3.63) is 24.3 Å². The lowest BCUT2D eigenvalue weighted by atomic mass is 10.1. The molecule has 0 bridgehead atoms. The molecule has 0 unspecified atom stereocenters. The van der Waals surface area contributed by atoms with E-state index in [1.165, 1.54) is 77.0 Å². The van der Waals surface area contributed by atoms with Gasteiger partial charge in [0.15, 0.2) is 0 Å². The minimum absolute atomic E-state index is 0.189. The van der Waals surface area contributed by atoms with Crippen LogP contribution in [-0.2, 0) is 4.79 Å². The van der Waals surface area contributed by atoms with Crippen LogP contribution in [-0.4, -0.2) is 35.6 Å². The second-order valence-corrected chi connectivity index (χ2v) is 8.30. The third kappa shape index (κ3) is 23.1. The first-order chi connectivity index (χ1) is 14.2. The summed E-state index contributed by atoms with van der Waals surface area (Å²) < 4.78 is 0. The van der Waals surface area contributed by atoms with Crippen LogP contribution in [0.25, 0.3) is 0 Å². The van der Waals surface area contributed by atoms with Gasteiger partial charge in [-0.3, -0.25) is 9.69 Å². The first kappa shape index (κ1) is 27.9. The summed E-state index contributed by atoms with van der Waals surface area (Å²) in [6.07, 6.45) is 29.0. The van der Waals surface area contributed by atoms with Crippen molar-refractivity contribution in [2.45, 2.75) is 117 Å². The summed E-state index contributed by atoms with van der Waals surface area (Å²) in [5.74, 6) is -0.699. The molecule has 1 N–H and O–H groups in total. The molecule has 0 radical (unpaired) electrons. The van der Waals surface area contributed by atoms with Gasteiger partial charge in [-0.15, -0.1) is 0 Å². The summed E-state index contributed by atoms with van der Waals surface area (Å²) in [6.45, 7) is 6.51. The maximum absolute atomic E-state index is 11.1. The third-order valence-electron chi connectivity index (χ3n) is 5.33. The van der Waals surface area contributed by atoms with Crippen molar-refractivity contribution < 1.29 is 9.90 Å². The Labute approximate surface area is 181 Å². The fourth-order valence-electron chi connectivity index (χ4n) is 3.51. The lowest BCUT2D eigenvalue weighted by Gasteiger charge is -2.20. The van der Waals surface area contributed by atoms with E-state index in [4.69, 9.17) is 5.11 Å². The van der Waals surface area contributed by atoms with Gasteiger partial charge < -0.3 is 5.11 Å². The molecule has 0 aliphatic carbocycles. The van der Waals surface area contributed by atoms with Gasteiger partial charge in [0.1, 0.15) is 0 Å². The van der Waals surface area contributed by atoms with Crippen LogP contribution in [0, 0.1) is 0 Å². The number of unbranched alkanes of at least 4 members (excludes halogenated alkanes) is 12. The van der Waals surface area contributed by atoms with E-state index in [0.29, 0.717) is 0 Å². The van der Waals surface area contributed by atoms with Crippen LogP contribution in [0.5, 0.6) is 0 Å². The largest absolute Gasteiger partial charge is 0.480 e. The number of aliphatic carboxylic acids is 1. The molecule has 3 heteroatoms. The Morgan fingerprint density at radius 2 is 1.00 bits per heavy atom. The molecule has 0 aliphatic rings. The summed E-state index contributed by atoms with van der Waals surface area (Å²) in [7, 11) is 0. The second-order valence-electron chi connectivity index (χ2n) is 8.30. The Morgan fingerprint density at radius 1 is 0.621 bits per heavy atom. The molecule has 0 heterocycles. The number of nitrogens with zero attached hydrogens (tertiary/aromatic N) is 1. The van der Waals surface area contributed by atoms with Gasteiger partial charge in [-0.05, 0) is 77.3 Å². The number of hydrogen-bond donors (Lipinski definition) is 1. The fraction of sp³-hybridized carbons (Fsp3) is 0.808. The van der Waals surface area contributed by atoms with Crippen LogP contribution in [0.15, 0.2) is 24.3 Å². The van der Waals surface area contributed by atoms with E-state index in [2.05, 4.69) is 43.1 Å². The van der Waals surface area contributed by atoms with E-state index in [-0.39, 0.29) is 6.54 Å². The lowest BCUT2D eigenvalue weighted by Crippen LogP contribution is -2.31. The summed E-state index contributed by atoms with van der Waals surface area (Å²) in [5.41, 5.74) is 0. The minimum Gasteiger partial charge on any atom is -0.480 e. The van der Waals surface area contributed by atoms with Crippen molar-refractivity contribution in [1.29, 1.82) is 0 Å². The second kappa shape index (κ2) is 23.2. The molecule has 0 rings (SSSR count). The number of carbonyl (C=O) groups is 1. The monoisotopic (exact) mass is 407 g/mol. The van der Waals surface area contributed by atoms with Crippen molar-refractivity contribution in [2.75, 3.05) is 19.6 Å². The lowest BCUT2D eigenvalue weighted by molar-refractivity contribution is -0.138. The molecule has 0 fully saturated rings. The zero-order valence-corrected chi connectivity index (χ0v) is 19.5. The molecule has 0 saturated carbocycles. The number of hydrogen-bond acceptors (Lipinski definition) is 2. The highest BCUT2D eigenvalue weighted by Crippen LogP contribution is 2.08. The van der Waals surface area contributed by atoms with Gasteiger partial charge in [-0.2, -0.15) is 0 Å². The number of rotatable bonds is 22. The zero-order valence-electron chi connectivity index (χ0n) is 19.5. The molecule has 0 aromatic rings. The van der Waals surface area contributed by atoms with Crippen LogP contribution < -0.4 is 0 Å². The Bertz CT molecular complexity index is 374. The molecule has 0 aromatic carbocycles. The predicted molar refractivity (Wildman–Crippen MR) is 128 cm³/mol. The SMILES string of the molecule is CCCCC/C=C/CCCCCN(CCCCC/C=C/CCCCC)CC(=O)O. The van der Waals surface area contributed by atoms with E-state index in [9.17, 15) is 4.79 Å². The van der Waals surface area contributed by atoms with E-state index in [1.807, 2.05) is 0 Å². The van der Waals surface area contributed by atoms with Crippen molar-refractivity contribution in [3.63, 3.8) is 0 Å². The molecule has 3 nitrogen and oxygen atoms in total. The van der Waals surface area contributed by atoms with E-state index in [1.54, 1.807) is 0 Å². The molecule has 29 heavy (non-hydrogen) atoms.